The van der Waals surface area contributed by atoms with Crippen LogP contribution in [0.2, 0.25) is 0 Å². The molecular formula is C30H33N3O2. The van der Waals surface area contributed by atoms with E-state index in [4.69, 9.17) is 0 Å². The van der Waals surface area contributed by atoms with E-state index in [0.29, 0.717) is 11.2 Å². The normalized spacial score (nSPS) is 26.5. The summed E-state index contributed by atoms with van der Waals surface area (Å²) in [7, 11) is 3.94. The van der Waals surface area contributed by atoms with E-state index >= 15 is 0 Å². The van der Waals surface area contributed by atoms with Gasteiger partial charge in [0.2, 0.25) is 0 Å². The van der Waals surface area contributed by atoms with E-state index < -0.39 is 5.97 Å². The molecule has 1 aromatic heterocycles. The van der Waals surface area contributed by atoms with Crippen LogP contribution in [0.5, 0.6) is 0 Å². The highest BCUT2D eigenvalue weighted by Crippen LogP contribution is 2.60. The van der Waals surface area contributed by atoms with E-state index in [0.717, 1.165) is 34.8 Å². The van der Waals surface area contributed by atoms with Gasteiger partial charge in [0, 0.05) is 37.4 Å². The lowest BCUT2D eigenvalue weighted by molar-refractivity contribution is -0.00518. The fraction of sp³-hybridized carbons (Fsp3) is 0.400. The molecule has 3 aromatic rings. The van der Waals surface area contributed by atoms with E-state index in [1.54, 1.807) is 23.9 Å². The average Bonchev–Trinajstić information content (AvgIpc) is 2.87. The molecule has 4 fully saturated rings. The van der Waals surface area contributed by atoms with Crippen molar-refractivity contribution in [1.29, 1.82) is 0 Å². The number of benzene rings is 2. The topological polar surface area (TPSA) is 56.7 Å². The molecule has 0 saturated heterocycles. The number of nitrogens with zero attached hydrogens (tertiary/aromatic N) is 3. The van der Waals surface area contributed by atoms with E-state index in [2.05, 4.69) is 53.3 Å². The molecule has 5 nitrogen and oxygen atoms in total. The number of hydrogen-bond acceptors (Lipinski definition) is 4. The highest BCUT2D eigenvalue weighted by molar-refractivity contribution is 5.94. The summed E-state index contributed by atoms with van der Waals surface area (Å²) >= 11 is 0. The molecule has 0 unspecified atom stereocenters. The van der Waals surface area contributed by atoms with Gasteiger partial charge in [-0.05, 0) is 110 Å². The van der Waals surface area contributed by atoms with Gasteiger partial charge in [0.25, 0.3) is 0 Å². The summed E-state index contributed by atoms with van der Waals surface area (Å²) < 4.78 is 0. The lowest BCUT2D eigenvalue weighted by Gasteiger charge is -2.57. The van der Waals surface area contributed by atoms with Crippen LogP contribution < -0.4 is 9.80 Å². The van der Waals surface area contributed by atoms with Crippen LogP contribution in [-0.2, 0) is 5.41 Å². The molecule has 35 heavy (non-hydrogen) atoms. The third kappa shape index (κ3) is 3.87. The summed E-state index contributed by atoms with van der Waals surface area (Å²) in [4.78, 5) is 20.0. The third-order valence-corrected chi connectivity index (χ3v) is 8.84. The molecule has 0 amide bonds. The van der Waals surface area contributed by atoms with Crippen molar-refractivity contribution < 1.29 is 9.90 Å². The molecule has 5 heteroatoms. The van der Waals surface area contributed by atoms with Crippen molar-refractivity contribution in [2.75, 3.05) is 23.9 Å². The van der Waals surface area contributed by atoms with Crippen molar-refractivity contribution in [2.45, 2.75) is 43.9 Å². The van der Waals surface area contributed by atoms with Crippen LogP contribution in [0.4, 0.5) is 22.9 Å². The lowest BCUT2D eigenvalue weighted by Crippen LogP contribution is -2.48. The number of aromatic carboxylic acids is 1. The Hall–Kier alpha value is -3.34. The number of carbonyl (C=O) groups is 1. The summed E-state index contributed by atoms with van der Waals surface area (Å²) in [5.74, 6) is 2.30. The number of carboxylic acids is 1. The monoisotopic (exact) mass is 467 g/mol. The fourth-order valence-electron chi connectivity index (χ4n) is 7.52. The van der Waals surface area contributed by atoms with E-state index in [9.17, 15) is 9.90 Å². The molecule has 4 aliphatic carbocycles. The van der Waals surface area contributed by atoms with Crippen molar-refractivity contribution in [3.8, 4) is 0 Å². The predicted molar refractivity (Wildman–Crippen MR) is 140 cm³/mol. The largest absolute Gasteiger partial charge is 0.478 e. The number of pyridine rings is 1. The van der Waals surface area contributed by atoms with Gasteiger partial charge in [0.15, 0.2) is 0 Å². The zero-order valence-corrected chi connectivity index (χ0v) is 20.5. The van der Waals surface area contributed by atoms with Gasteiger partial charge in [-0.15, -0.1) is 0 Å². The van der Waals surface area contributed by atoms with Crippen LogP contribution in [0.25, 0.3) is 0 Å². The van der Waals surface area contributed by atoms with Crippen LogP contribution in [0, 0.1) is 17.8 Å². The highest BCUT2D eigenvalue weighted by Gasteiger charge is 2.51. The van der Waals surface area contributed by atoms with Gasteiger partial charge >= 0.3 is 5.97 Å². The molecule has 4 bridgehead atoms. The molecule has 4 aliphatic rings. The number of carboxylic acid groups (broad SMARTS) is 1. The first-order valence-corrected chi connectivity index (χ1v) is 12.8. The summed E-state index contributed by atoms with van der Waals surface area (Å²) in [6.07, 6.45) is 10.2. The van der Waals surface area contributed by atoms with Gasteiger partial charge in [0.1, 0.15) is 11.4 Å². The molecule has 0 spiro atoms. The predicted octanol–water partition coefficient (Wildman–Crippen LogP) is 6.78. The summed E-state index contributed by atoms with van der Waals surface area (Å²) in [5, 5.41) is 9.57. The van der Waals surface area contributed by atoms with Crippen LogP contribution in [0.3, 0.4) is 0 Å². The van der Waals surface area contributed by atoms with Gasteiger partial charge in [-0.2, -0.15) is 0 Å². The average molecular weight is 468 g/mol. The number of anilines is 4. The van der Waals surface area contributed by atoms with Gasteiger partial charge < -0.3 is 14.9 Å². The molecule has 4 saturated carbocycles. The van der Waals surface area contributed by atoms with Crippen LogP contribution >= 0.6 is 0 Å². The Labute approximate surface area is 207 Å². The molecule has 7 rings (SSSR count). The minimum atomic E-state index is -0.979. The van der Waals surface area contributed by atoms with Gasteiger partial charge in [-0.1, -0.05) is 18.2 Å². The van der Waals surface area contributed by atoms with Crippen LogP contribution in [0.1, 0.15) is 54.4 Å². The Kier molecular flexibility index (Phi) is 5.32. The quantitative estimate of drug-likeness (QED) is 0.433. The maximum Gasteiger partial charge on any atom is 0.339 e. The summed E-state index contributed by atoms with van der Waals surface area (Å²) in [5.41, 5.74) is 5.24. The standard InChI is InChI=1S/C30H33N3O2/c1-32(25-5-3-6-26(16-25)33(2)28-27(29(34)35)7-4-12-31-28)24-10-8-23(9-11-24)30-17-20-13-21(18-30)15-22(14-20)19-30/h3-12,16,20-22H,13-15,17-19H2,1-2H3,(H,34,35). The van der Waals surface area contributed by atoms with Crippen molar-refractivity contribution in [2.24, 2.45) is 17.8 Å². The first-order chi connectivity index (χ1) is 16.9. The van der Waals surface area contributed by atoms with Crippen LogP contribution in [-0.4, -0.2) is 30.2 Å². The van der Waals surface area contributed by atoms with E-state index in [1.807, 2.05) is 24.1 Å². The number of aromatic nitrogens is 1. The Morgan fingerprint density at radius 3 is 2.03 bits per heavy atom. The smallest absolute Gasteiger partial charge is 0.339 e. The SMILES string of the molecule is CN(c1ccc(C23CC4CC(CC(C4)C2)C3)cc1)c1cccc(N(C)c2ncccc2C(=O)O)c1. The second-order valence-electron chi connectivity index (χ2n) is 11.1. The Balaban J connectivity index is 1.24. The Morgan fingerprint density at radius 2 is 1.43 bits per heavy atom. The maximum absolute atomic E-state index is 11.7. The minimum absolute atomic E-state index is 0.189. The number of hydrogen-bond donors (Lipinski definition) is 1. The third-order valence-electron chi connectivity index (χ3n) is 8.84. The minimum Gasteiger partial charge on any atom is -0.478 e. The molecule has 0 aliphatic heterocycles. The Morgan fingerprint density at radius 1 is 0.829 bits per heavy atom. The van der Waals surface area contributed by atoms with Crippen molar-refractivity contribution in [3.63, 3.8) is 0 Å². The maximum atomic E-state index is 11.7. The zero-order chi connectivity index (χ0) is 24.2. The molecule has 1 N–H and O–H groups in total. The van der Waals surface area contributed by atoms with E-state index in [-0.39, 0.29) is 5.56 Å². The van der Waals surface area contributed by atoms with Gasteiger partial charge in [-0.3, -0.25) is 0 Å². The first-order valence-electron chi connectivity index (χ1n) is 12.8. The molecule has 180 valence electrons. The van der Waals surface area contributed by atoms with Crippen molar-refractivity contribution >= 4 is 28.8 Å². The second-order valence-corrected chi connectivity index (χ2v) is 11.1. The highest BCUT2D eigenvalue weighted by atomic mass is 16.4. The fourth-order valence-corrected chi connectivity index (χ4v) is 7.52. The second kappa shape index (κ2) is 8.40. The summed E-state index contributed by atoms with van der Waals surface area (Å²) in [6, 6.07) is 20.7. The molecular weight excluding hydrogens is 434 g/mol. The molecule has 1 heterocycles. The first kappa shape index (κ1) is 22.1. The Bertz CT molecular complexity index is 1220. The van der Waals surface area contributed by atoms with Crippen LogP contribution in [0.15, 0.2) is 66.9 Å². The van der Waals surface area contributed by atoms with Crippen molar-refractivity contribution in [3.05, 3.63) is 78.0 Å². The zero-order valence-electron chi connectivity index (χ0n) is 20.5. The molecule has 0 radical (unpaired) electrons. The summed E-state index contributed by atoms with van der Waals surface area (Å²) in [6.45, 7) is 0. The van der Waals surface area contributed by atoms with Gasteiger partial charge in [0.05, 0.1) is 0 Å². The van der Waals surface area contributed by atoms with E-state index in [1.165, 1.54) is 38.5 Å². The molecule has 2 aromatic carbocycles. The van der Waals surface area contributed by atoms with Gasteiger partial charge in [-0.25, -0.2) is 9.78 Å². The number of rotatable bonds is 6. The lowest BCUT2D eigenvalue weighted by atomic mass is 9.48. The molecule has 0 atom stereocenters. The van der Waals surface area contributed by atoms with Crippen molar-refractivity contribution in [1.82, 2.24) is 4.98 Å².